The van der Waals surface area contributed by atoms with E-state index in [4.69, 9.17) is 4.74 Å². The molecule has 0 atom stereocenters. The maximum Gasteiger partial charge on any atom is 0.230 e. The van der Waals surface area contributed by atoms with Gasteiger partial charge in [-0.3, -0.25) is 13.3 Å². The van der Waals surface area contributed by atoms with Crippen LogP contribution in [0.15, 0.2) is 41.0 Å². The number of rotatable bonds is 7. The van der Waals surface area contributed by atoms with Gasteiger partial charge in [-0.2, -0.15) is 5.26 Å². The van der Waals surface area contributed by atoms with Gasteiger partial charge < -0.3 is 4.74 Å². The Kier molecular flexibility index (Phi) is 6.56. The van der Waals surface area contributed by atoms with Crippen LogP contribution in [0, 0.1) is 18.3 Å². The lowest BCUT2D eigenvalue weighted by atomic mass is 10.0. The van der Waals surface area contributed by atoms with Gasteiger partial charge in [0.2, 0.25) is 5.78 Å². The fraction of sp³-hybridized carbons (Fsp3) is 0.292. The number of ether oxygens (including phenoxy) is 1. The van der Waals surface area contributed by atoms with Crippen LogP contribution in [0.25, 0.3) is 21.9 Å². The minimum Gasteiger partial charge on any atom is -0.361 e. The van der Waals surface area contributed by atoms with E-state index in [1.165, 1.54) is 0 Å². The van der Waals surface area contributed by atoms with Gasteiger partial charge in [-0.05, 0) is 64.8 Å². The highest BCUT2D eigenvalue weighted by molar-refractivity contribution is 9.10. The fourth-order valence-corrected chi connectivity index (χ4v) is 5.68. The molecule has 170 valence electrons. The SMILES string of the molecule is Cc1cc(Br)c(C(=O)c2nc3ccc(C#N)cc3n2COCC[Si](C)(C)C)c2ccn(S)c12. The first-order chi connectivity index (χ1) is 15.6. The minimum absolute atomic E-state index is 0.192. The van der Waals surface area contributed by atoms with Crippen LogP contribution in [-0.2, 0) is 11.5 Å². The summed E-state index contributed by atoms with van der Waals surface area (Å²) in [6.45, 7) is 9.68. The number of nitriles is 1. The Morgan fingerprint density at radius 3 is 2.73 bits per heavy atom. The summed E-state index contributed by atoms with van der Waals surface area (Å²) in [6.07, 6.45) is 1.83. The fourth-order valence-electron chi connectivity index (χ4n) is 3.85. The molecule has 4 rings (SSSR count). The molecular weight excluding hydrogens is 516 g/mol. The normalized spacial score (nSPS) is 11.9. The molecule has 0 radical (unpaired) electrons. The van der Waals surface area contributed by atoms with Crippen LogP contribution in [0.1, 0.15) is 27.3 Å². The van der Waals surface area contributed by atoms with Crippen LogP contribution < -0.4 is 0 Å². The highest BCUT2D eigenvalue weighted by Gasteiger charge is 2.25. The van der Waals surface area contributed by atoms with E-state index >= 15 is 0 Å². The Bertz CT molecular complexity index is 1430. The number of carbonyl (C=O) groups is 1. The lowest BCUT2D eigenvalue weighted by Gasteiger charge is -2.16. The summed E-state index contributed by atoms with van der Waals surface area (Å²) in [6, 6.07) is 12.2. The van der Waals surface area contributed by atoms with Crippen molar-refractivity contribution >= 4 is 64.5 Å². The summed E-state index contributed by atoms with van der Waals surface area (Å²) in [4.78, 5) is 18.5. The first kappa shape index (κ1) is 23.8. The molecule has 2 heterocycles. The zero-order valence-electron chi connectivity index (χ0n) is 19.0. The molecule has 0 fully saturated rings. The van der Waals surface area contributed by atoms with Crippen molar-refractivity contribution < 1.29 is 9.53 Å². The average molecular weight is 542 g/mol. The van der Waals surface area contributed by atoms with E-state index in [2.05, 4.69) is 59.4 Å². The van der Waals surface area contributed by atoms with E-state index in [9.17, 15) is 10.1 Å². The van der Waals surface area contributed by atoms with Crippen LogP contribution >= 0.6 is 28.7 Å². The molecule has 0 aliphatic rings. The highest BCUT2D eigenvalue weighted by Crippen LogP contribution is 2.33. The number of benzene rings is 2. The number of halogens is 1. The van der Waals surface area contributed by atoms with Crippen LogP contribution in [0.4, 0.5) is 0 Å². The molecule has 0 bridgehead atoms. The van der Waals surface area contributed by atoms with Crippen molar-refractivity contribution in [3.63, 3.8) is 0 Å². The summed E-state index contributed by atoms with van der Waals surface area (Å²) in [7, 11) is -1.25. The van der Waals surface area contributed by atoms with Crippen LogP contribution in [0.5, 0.6) is 0 Å². The Morgan fingerprint density at radius 1 is 1.27 bits per heavy atom. The smallest absolute Gasteiger partial charge is 0.230 e. The van der Waals surface area contributed by atoms with Crippen LogP contribution in [0.3, 0.4) is 0 Å². The van der Waals surface area contributed by atoms with Crippen molar-refractivity contribution in [1.29, 1.82) is 5.26 Å². The van der Waals surface area contributed by atoms with E-state index in [1.807, 2.05) is 25.3 Å². The van der Waals surface area contributed by atoms with Gasteiger partial charge in [0.05, 0.1) is 28.2 Å². The summed E-state index contributed by atoms with van der Waals surface area (Å²) in [5.74, 6) is 0.0702. The molecule has 0 saturated heterocycles. The Labute approximate surface area is 207 Å². The second-order valence-electron chi connectivity index (χ2n) is 9.33. The molecule has 0 unspecified atom stereocenters. The molecule has 0 aliphatic carbocycles. The lowest BCUT2D eigenvalue weighted by molar-refractivity contribution is 0.0835. The maximum atomic E-state index is 13.9. The zero-order valence-corrected chi connectivity index (χ0v) is 22.5. The standard InChI is InChI=1S/C24H25BrN4O2SSi/c1-15-11-18(25)21(17-7-8-29(32)22(15)17)23(30)24-27-19-6-5-16(13-26)12-20(19)28(24)14-31-9-10-33(2,3)4/h5-8,11-12,32H,9-10,14H2,1-4H3. The van der Waals surface area contributed by atoms with Crippen molar-refractivity contribution in [2.45, 2.75) is 39.3 Å². The van der Waals surface area contributed by atoms with E-state index in [0.29, 0.717) is 33.2 Å². The molecule has 0 aliphatic heterocycles. The Balaban J connectivity index is 1.83. The lowest BCUT2D eigenvalue weighted by Crippen LogP contribution is -2.22. The minimum atomic E-state index is -1.25. The predicted octanol–water partition coefficient (Wildman–Crippen LogP) is 6.17. The molecule has 0 amide bonds. The van der Waals surface area contributed by atoms with Crippen molar-refractivity contribution in [3.05, 3.63) is 63.5 Å². The van der Waals surface area contributed by atoms with Crippen molar-refractivity contribution in [1.82, 2.24) is 13.5 Å². The van der Waals surface area contributed by atoms with Gasteiger partial charge >= 0.3 is 0 Å². The van der Waals surface area contributed by atoms with Gasteiger partial charge in [0, 0.05) is 36.3 Å². The number of aromatic nitrogens is 3. The van der Waals surface area contributed by atoms with Crippen molar-refractivity contribution in [2.24, 2.45) is 0 Å². The van der Waals surface area contributed by atoms with Crippen molar-refractivity contribution in [3.8, 4) is 6.07 Å². The number of fused-ring (bicyclic) bond motifs is 2. The summed E-state index contributed by atoms with van der Waals surface area (Å²) in [5.41, 5.74) is 4.29. The number of thiol groups is 1. The van der Waals surface area contributed by atoms with Crippen LogP contribution in [0.2, 0.25) is 25.7 Å². The zero-order chi connectivity index (χ0) is 23.9. The quantitative estimate of drug-likeness (QED) is 0.131. The monoisotopic (exact) mass is 540 g/mol. The largest absolute Gasteiger partial charge is 0.361 e. The van der Waals surface area contributed by atoms with Gasteiger partial charge in [0.25, 0.3) is 0 Å². The molecular formula is C24H25BrN4O2SSi. The number of hydrogen-bond donors (Lipinski definition) is 1. The first-order valence-electron chi connectivity index (χ1n) is 10.6. The van der Waals surface area contributed by atoms with E-state index in [-0.39, 0.29) is 18.3 Å². The van der Waals surface area contributed by atoms with E-state index < -0.39 is 8.07 Å². The molecule has 6 nitrogen and oxygen atoms in total. The van der Waals surface area contributed by atoms with Gasteiger partial charge in [-0.1, -0.05) is 32.5 Å². The third-order valence-electron chi connectivity index (χ3n) is 5.62. The first-order valence-corrected chi connectivity index (χ1v) is 15.5. The molecule has 0 spiro atoms. The van der Waals surface area contributed by atoms with Gasteiger partial charge in [-0.25, -0.2) is 4.98 Å². The summed E-state index contributed by atoms with van der Waals surface area (Å²) in [5, 5.41) is 10.2. The second kappa shape index (κ2) is 9.10. The van der Waals surface area contributed by atoms with E-state index in [1.54, 1.807) is 26.7 Å². The summed E-state index contributed by atoms with van der Waals surface area (Å²) >= 11 is 8.08. The highest BCUT2D eigenvalue weighted by atomic mass is 79.9. The number of ketones is 1. The second-order valence-corrected chi connectivity index (χ2v) is 16.2. The average Bonchev–Trinajstić information content (AvgIpc) is 3.30. The molecule has 2 aromatic heterocycles. The number of aryl methyl sites for hydroxylation is 1. The molecule has 0 saturated carbocycles. The van der Waals surface area contributed by atoms with Gasteiger partial charge in [0.15, 0.2) is 5.82 Å². The predicted molar refractivity (Wildman–Crippen MR) is 141 cm³/mol. The third-order valence-corrected chi connectivity index (χ3v) is 8.28. The molecule has 2 aromatic carbocycles. The van der Waals surface area contributed by atoms with Crippen molar-refractivity contribution in [2.75, 3.05) is 6.61 Å². The number of nitrogens with zero attached hydrogens (tertiary/aromatic N) is 4. The summed E-state index contributed by atoms with van der Waals surface area (Å²) < 4.78 is 10.2. The Morgan fingerprint density at radius 2 is 2.03 bits per heavy atom. The molecule has 9 heteroatoms. The topological polar surface area (TPSA) is 72.8 Å². The third kappa shape index (κ3) is 4.66. The number of hydrogen-bond acceptors (Lipinski definition) is 5. The van der Waals surface area contributed by atoms with Gasteiger partial charge in [0.1, 0.15) is 6.73 Å². The molecule has 4 aromatic rings. The van der Waals surface area contributed by atoms with Gasteiger partial charge in [-0.15, -0.1) is 0 Å². The molecule has 0 N–H and O–H groups in total. The van der Waals surface area contributed by atoms with E-state index in [0.717, 1.165) is 22.5 Å². The molecule has 33 heavy (non-hydrogen) atoms. The number of imidazole rings is 1. The van der Waals surface area contributed by atoms with Crippen LogP contribution in [-0.4, -0.2) is 34.0 Å². The Hall–Kier alpha value is -2.38. The number of carbonyl (C=O) groups excluding carboxylic acids is 1. The maximum absolute atomic E-state index is 13.9.